The molecule has 0 fully saturated rings. The van der Waals surface area contributed by atoms with Crippen molar-refractivity contribution in [1.29, 1.82) is 0 Å². The van der Waals surface area contributed by atoms with Crippen LogP contribution in [0.25, 0.3) is 0 Å². The quantitative estimate of drug-likeness (QED) is 0.827. The molecule has 1 unspecified atom stereocenters. The molecule has 0 radical (unpaired) electrons. The van der Waals surface area contributed by atoms with Gasteiger partial charge in [0.1, 0.15) is 0 Å². The Balaban J connectivity index is 3.00. The molecule has 0 saturated heterocycles. The minimum absolute atomic E-state index is 0.0457. The summed E-state index contributed by atoms with van der Waals surface area (Å²) in [6, 6.07) is 3.93. The normalized spacial score (nSPS) is 15.0. The first kappa shape index (κ1) is 14.1. The fourth-order valence-corrected chi connectivity index (χ4v) is 2.17. The predicted molar refractivity (Wildman–Crippen MR) is 64.6 cm³/mol. The van der Waals surface area contributed by atoms with Crippen LogP contribution < -0.4 is 0 Å². The first-order valence-electron chi connectivity index (χ1n) is 6.09. The summed E-state index contributed by atoms with van der Waals surface area (Å²) in [4.78, 5) is 0. The lowest BCUT2D eigenvalue weighted by Gasteiger charge is -2.28. The molecule has 0 aliphatic carbocycles. The van der Waals surface area contributed by atoms with Gasteiger partial charge in [-0.1, -0.05) is 38.8 Å². The molecular weight excluding hydrogens is 222 g/mol. The van der Waals surface area contributed by atoms with Crippen LogP contribution in [0.4, 0.5) is 8.78 Å². The first-order chi connectivity index (χ1) is 7.92. The van der Waals surface area contributed by atoms with E-state index in [4.69, 9.17) is 0 Å². The first-order valence-corrected chi connectivity index (χ1v) is 6.09. The maximum absolute atomic E-state index is 13.6. The van der Waals surface area contributed by atoms with E-state index < -0.39 is 17.2 Å². The second-order valence-corrected chi connectivity index (χ2v) is 4.76. The summed E-state index contributed by atoms with van der Waals surface area (Å²) >= 11 is 0. The van der Waals surface area contributed by atoms with Crippen molar-refractivity contribution in [2.75, 3.05) is 0 Å². The predicted octanol–water partition coefficient (Wildman–Crippen LogP) is 4.00. The van der Waals surface area contributed by atoms with E-state index in [1.807, 2.05) is 13.8 Å². The van der Waals surface area contributed by atoms with E-state index in [2.05, 4.69) is 0 Å². The molecular formula is C14H20F2O. The molecule has 1 N–H and O–H groups in total. The van der Waals surface area contributed by atoms with Crippen molar-refractivity contribution in [2.45, 2.75) is 45.6 Å². The van der Waals surface area contributed by atoms with E-state index in [-0.39, 0.29) is 5.56 Å². The van der Waals surface area contributed by atoms with Crippen LogP contribution in [0.5, 0.6) is 0 Å². The molecule has 0 aliphatic rings. The number of benzene rings is 1. The van der Waals surface area contributed by atoms with Gasteiger partial charge in [-0.3, -0.25) is 0 Å². The number of hydrogen-bond acceptors (Lipinski definition) is 1. The summed E-state index contributed by atoms with van der Waals surface area (Å²) in [5.74, 6) is -1.54. The number of hydrogen-bond donors (Lipinski definition) is 1. The zero-order chi connectivity index (χ0) is 13.1. The monoisotopic (exact) mass is 242 g/mol. The molecule has 17 heavy (non-hydrogen) atoms. The highest BCUT2D eigenvalue weighted by Crippen LogP contribution is 2.33. The largest absolute Gasteiger partial charge is 0.385 e. The van der Waals surface area contributed by atoms with Gasteiger partial charge in [-0.2, -0.15) is 0 Å². The van der Waals surface area contributed by atoms with E-state index >= 15 is 0 Å². The molecule has 0 aromatic heterocycles. The lowest BCUT2D eigenvalue weighted by Crippen LogP contribution is -2.26. The smallest absolute Gasteiger partial charge is 0.164 e. The Morgan fingerprint density at radius 2 is 1.82 bits per heavy atom. The molecule has 1 aromatic carbocycles. The highest BCUT2D eigenvalue weighted by atomic mass is 19.2. The lowest BCUT2D eigenvalue weighted by molar-refractivity contribution is 0.0246. The summed E-state index contributed by atoms with van der Waals surface area (Å²) in [7, 11) is 0. The zero-order valence-electron chi connectivity index (χ0n) is 10.6. The molecule has 3 heteroatoms. The third kappa shape index (κ3) is 3.25. The summed E-state index contributed by atoms with van der Waals surface area (Å²) in [6.45, 7) is 5.61. The van der Waals surface area contributed by atoms with Gasteiger partial charge in [0.2, 0.25) is 0 Å². The fraction of sp³-hybridized carbons (Fsp3) is 0.571. The van der Waals surface area contributed by atoms with Crippen LogP contribution in [-0.4, -0.2) is 5.11 Å². The van der Waals surface area contributed by atoms with E-state index in [9.17, 15) is 13.9 Å². The van der Waals surface area contributed by atoms with Gasteiger partial charge in [-0.25, -0.2) is 8.78 Å². The molecule has 0 heterocycles. The number of halogens is 2. The molecule has 96 valence electrons. The van der Waals surface area contributed by atoms with E-state index in [0.29, 0.717) is 12.3 Å². The number of aliphatic hydroxyl groups is 1. The van der Waals surface area contributed by atoms with Crippen molar-refractivity contribution in [2.24, 2.45) is 5.92 Å². The van der Waals surface area contributed by atoms with E-state index in [1.54, 1.807) is 6.92 Å². The van der Waals surface area contributed by atoms with Crippen LogP contribution in [0.15, 0.2) is 18.2 Å². The molecule has 1 aromatic rings. The van der Waals surface area contributed by atoms with Crippen LogP contribution in [0.3, 0.4) is 0 Å². The topological polar surface area (TPSA) is 20.2 Å². The Morgan fingerprint density at radius 1 is 1.24 bits per heavy atom. The Bertz CT molecular complexity index is 370. The van der Waals surface area contributed by atoms with Crippen molar-refractivity contribution in [1.82, 2.24) is 0 Å². The molecule has 0 saturated carbocycles. The summed E-state index contributed by atoms with van der Waals surface area (Å²) < 4.78 is 26.7. The van der Waals surface area contributed by atoms with Crippen LogP contribution >= 0.6 is 0 Å². The van der Waals surface area contributed by atoms with Crippen LogP contribution in [0.1, 0.15) is 45.6 Å². The van der Waals surface area contributed by atoms with Gasteiger partial charge < -0.3 is 5.11 Å². The van der Waals surface area contributed by atoms with Crippen molar-refractivity contribution >= 4 is 0 Å². The number of rotatable bonds is 5. The highest BCUT2D eigenvalue weighted by Gasteiger charge is 2.30. The van der Waals surface area contributed by atoms with Crippen molar-refractivity contribution in [3.63, 3.8) is 0 Å². The summed E-state index contributed by atoms with van der Waals surface area (Å²) in [5.41, 5.74) is -1.27. The highest BCUT2D eigenvalue weighted by molar-refractivity contribution is 5.24. The molecule has 1 nitrogen and oxygen atoms in total. The van der Waals surface area contributed by atoms with Crippen LogP contribution in [0, 0.1) is 17.6 Å². The standard InChI is InChI=1S/C14H20F2O/c1-4-10(5-2)9-14(3,17)11-7-6-8-12(15)13(11)16/h6-8,10,17H,4-5,9H2,1-3H3. The summed E-state index contributed by atoms with van der Waals surface area (Å²) in [5, 5.41) is 10.3. The van der Waals surface area contributed by atoms with Crippen molar-refractivity contribution in [3.8, 4) is 0 Å². The van der Waals surface area contributed by atoms with Crippen molar-refractivity contribution < 1.29 is 13.9 Å². The fourth-order valence-electron chi connectivity index (χ4n) is 2.17. The van der Waals surface area contributed by atoms with Gasteiger partial charge in [0, 0.05) is 5.56 Å². The SMILES string of the molecule is CCC(CC)CC(C)(O)c1cccc(F)c1F. The maximum atomic E-state index is 13.6. The molecule has 0 amide bonds. The third-order valence-electron chi connectivity index (χ3n) is 3.37. The second kappa shape index (κ2) is 5.58. The van der Waals surface area contributed by atoms with Crippen molar-refractivity contribution in [3.05, 3.63) is 35.4 Å². The van der Waals surface area contributed by atoms with E-state index in [0.717, 1.165) is 18.9 Å². The zero-order valence-corrected chi connectivity index (χ0v) is 10.6. The van der Waals surface area contributed by atoms with Gasteiger partial charge in [-0.05, 0) is 25.3 Å². The molecule has 1 rings (SSSR count). The Labute approximate surface area is 101 Å². The average Bonchev–Trinajstić information content (AvgIpc) is 2.29. The van der Waals surface area contributed by atoms with Gasteiger partial charge >= 0.3 is 0 Å². The molecule has 0 aliphatic heterocycles. The van der Waals surface area contributed by atoms with Gasteiger partial charge in [-0.15, -0.1) is 0 Å². The van der Waals surface area contributed by atoms with Gasteiger partial charge in [0.15, 0.2) is 11.6 Å². The Hall–Kier alpha value is -0.960. The Morgan fingerprint density at radius 3 is 2.35 bits per heavy atom. The minimum Gasteiger partial charge on any atom is -0.385 e. The van der Waals surface area contributed by atoms with Gasteiger partial charge in [0.05, 0.1) is 5.60 Å². The summed E-state index contributed by atoms with van der Waals surface area (Å²) in [6.07, 6.45) is 2.29. The molecule has 0 spiro atoms. The van der Waals surface area contributed by atoms with Crippen LogP contribution in [-0.2, 0) is 5.60 Å². The molecule has 0 bridgehead atoms. The Kier molecular flexibility index (Phi) is 4.63. The lowest BCUT2D eigenvalue weighted by atomic mass is 9.83. The minimum atomic E-state index is -1.32. The van der Waals surface area contributed by atoms with E-state index in [1.165, 1.54) is 12.1 Å². The molecule has 1 atom stereocenters. The third-order valence-corrected chi connectivity index (χ3v) is 3.37. The van der Waals surface area contributed by atoms with Gasteiger partial charge in [0.25, 0.3) is 0 Å². The maximum Gasteiger partial charge on any atom is 0.164 e. The second-order valence-electron chi connectivity index (χ2n) is 4.76. The van der Waals surface area contributed by atoms with Crippen LogP contribution in [0.2, 0.25) is 0 Å². The average molecular weight is 242 g/mol.